The van der Waals surface area contributed by atoms with Crippen LogP contribution in [0.3, 0.4) is 0 Å². The fraction of sp³-hybridized carbons (Fsp3) is 0.667. The summed E-state index contributed by atoms with van der Waals surface area (Å²) in [4.78, 5) is 0. The van der Waals surface area contributed by atoms with E-state index in [0.29, 0.717) is 19.1 Å². The van der Waals surface area contributed by atoms with Gasteiger partial charge >= 0.3 is 0 Å². The van der Waals surface area contributed by atoms with Gasteiger partial charge in [-0.05, 0) is 36.5 Å². The zero-order chi connectivity index (χ0) is 14.5. The SMILES string of the molecule is OC(c1ccc2c(c1)OCCCO2)C1CCCCCCC1. The molecule has 1 unspecified atom stereocenters. The lowest BCUT2D eigenvalue weighted by Crippen LogP contribution is -2.14. The summed E-state index contributed by atoms with van der Waals surface area (Å²) in [5, 5.41) is 10.7. The molecule has 0 saturated heterocycles. The zero-order valence-corrected chi connectivity index (χ0v) is 12.7. The Labute approximate surface area is 127 Å². The number of aliphatic hydroxyl groups is 1. The predicted molar refractivity (Wildman–Crippen MR) is 82.8 cm³/mol. The van der Waals surface area contributed by atoms with E-state index in [-0.39, 0.29) is 6.10 Å². The second kappa shape index (κ2) is 7.17. The van der Waals surface area contributed by atoms with Gasteiger partial charge < -0.3 is 14.6 Å². The smallest absolute Gasteiger partial charge is 0.161 e. The molecule has 0 radical (unpaired) electrons. The first-order valence-corrected chi connectivity index (χ1v) is 8.42. The van der Waals surface area contributed by atoms with E-state index in [2.05, 4.69) is 0 Å². The minimum Gasteiger partial charge on any atom is -0.490 e. The average molecular weight is 290 g/mol. The maximum Gasteiger partial charge on any atom is 0.161 e. The summed E-state index contributed by atoms with van der Waals surface area (Å²) in [6, 6.07) is 5.92. The third-order valence-corrected chi connectivity index (χ3v) is 4.71. The van der Waals surface area contributed by atoms with Crippen LogP contribution in [0.2, 0.25) is 0 Å². The number of hydrogen-bond donors (Lipinski definition) is 1. The van der Waals surface area contributed by atoms with Gasteiger partial charge in [0.25, 0.3) is 0 Å². The highest BCUT2D eigenvalue weighted by Crippen LogP contribution is 2.37. The molecule has 3 nitrogen and oxygen atoms in total. The Morgan fingerprint density at radius 3 is 2.29 bits per heavy atom. The van der Waals surface area contributed by atoms with E-state index in [9.17, 15) is 5.11 Å². The summed E-state index contributed by atoms with van der Waals surface area (Å²) in [7, 11) is 0. The van der Waals surface area contributed by atoms with E-state index in [1.807, 2.05) is 18.2 Å². The first-order chi connectivity index (χ1) is 10.3. The molecular formula is C18H26O3. The Morgan fingerprint density at radius 1 is 0.857 bits per heavy atom. The van der Waals surface area contributed by atoms with Gasteiger partial charge in [0.2, 0.25) is 0 Å². The van der Waals surface area contributed by atoms with Crippen LogP contribution in [-0.4, -0.2) is 18.3 Å². The summed E-state index contributed by atoms with van der Waals surface area (Å²) in [5.74, 6) is 1.98. The molecule has 1 aromatic carbocycles. The molecule has 1 aliphatic heterocycles. The molecule has 21 heavy (non-hydrogen) atoms. The first kappa shape index (κ1) is 14.7. The molecule has 3 heteroatoms. The molecule has 1 aliphatic carbocycles. The fourth-order valence-electron chi connectivity index (χ4n) is 3.44. The monoisotopic (exact) mass is 290 g/mol. The third kappa shape index (κ3) is 3.70. The maximum absolute atomic E-state index is 10.7. The summed E-state index contributed by atoms with van der Waals surface area (Å²) in [5.41, 5.74) is 0.977. The normalized spacial score (nSPS) is 22.0. The molecule has 1 heterocycles. The van der Waals surface area contributed by atoms with Gasteiger partial charge in [0.1, 0.15) is 0 Å². The van der Waals surface area contributed by atoms with Gasteiger partial charge in [-0.3, -0.25) is 0 Å². The van der Waals surface area contributed by atoms with Crippen LogP contribution in [0.1, 0.15) is 63.0 Å². The van der Waals surface area contributed by atoms with Crippen molar-refractivity contribution in [2.24, 2.45) is 5.92 Å². The summed E-state index contributed by atoms with van der Waals surface area (Å²) < 4.78 is 11.4. The van der Waals surface area contributed by atoms with Crippen molar-refractivity contribution in [2.45, 2.75) is 57.5 Å². The van der Waals surface area contributed by atoms with Gasteiger partial charge in [-0.15, -0.1) is 0 Å². The number of benzene rings is 1. The van der Waals surface area contributed by atoms with Gasteiger partial charge in [-0.1, -0.05) is 38.2 Å². The standard InChI is InChI=1S/C18H26O3/c19-18(14-7-4-2-1-3-5-8-14)15-9-10-16-17(13-15)21-12-6-11-20-16/h9-10,13-14,18-19H,1-8,11-12H2. The second-order valence-corrected chi connectivity index (χ2v) is 6.31. The Kier molecular flexibility index (Phi) is 5.02. The molecule has 2 aliphatic rings. The van der Waals surface area contributed by atoms with Crippen LogP contribution in [0.15, 0.2) is 18.2 Å². The molecule has 0 amide bonds. The van der Waals surface area contributed by atoms with E-state index < -0.39 is 0 Å². The summed E-state index contributed by atoms with van der Waals surface area (Å²) in [6.07, 6.45) is 9.26. The lowest BCUT2D eigenvalue weighted by molar-refractivity contribution is 0.0909. The van der Waals surface area contributed by atoms with E-state index in [1.54, 1.807) is 0 Å². The Hall–Kier alpha value is -1.22. The van der Waals surface area contributed by atoms with Gasteiger partial charge in [-0.25, -0.2) is 0 Å². The van der Waals surface area contributed by atoms with E-state index in [1.165, 1.54) is 32.1 Å². The highest BCUT2D eigenvalue weighted by atomic mass is 16.5. The number of hydrogen-bond acceptors (Lipinski definition) is 3. The predicted octanol–water partition coefficient (Wildman–Crippen LogP) is 4.24. The highest BCUT2D eigenvalue weighted by Gasteiger charge is 2.23. The van der Waals surface area contributed by atoms with Crippen LogP contribution < -0.4 is 9.47 Å². The van der Waals surface area contributed by atoms with Gasteiger partial charge in [0.15, 0.2) is 11.5 Å². The Morgan fingerprint density at radius 2 is 1.52 bits per heavy atom. The van der Waals surface area contributed by atoms with Crippen molar-refractivity contribution in [3.63, 3.8) is 0 Å². The van der Waals surface area contributed by atoms with Crippen LogP contribution in [0, 0.1) is 5.92 Å². The molecule has 1 atom stereocenters. The highest BCUT2D eigenvalue weighted by molar-refractivity contribution is 5.44. The fourth-order valence-corrected chi connectivity index (χ4v) is 3.44. The molecular weight excluding hydrogens is 264 g/mol. The summed E-state index contributed by atoms with van der Waals surface area (Å²) in [6.45, 7) is 1.40. The van der Waals surface area contributed by atoms with Gasteiger partial charge in [0.05, 0.1) is 19.3 Å². The Bertz CT molecular complexity index is 450. The van der Waals surface area contributed by atoms with Gasteiger partial charge in [-0.2, -0.15) is 0 Å². The molecule has 1 saturated carbocycles. The van der Waals surface area contributed by atoms with E-state index in [4.69, 9.17) is 9.47 Å². The van der Waals surface area contributed by atoms with Crippen molar-refractivity contribution in [3.05, 3.63) is 23.8 Å². The topological polar surface area (TPSA) is 38.7 Å². The minimum atomic E-state index is -0.375. The third-order valence-electron chi connectivity index (χ3n) is 4.71. The van der Waals surface area contributed by atoms with Crippen LogP contribution in [0.4, 0.5) is 0 Å². The molecule has 3 rings (SSSR count). The van der Waals surface area contributed by atoms with Crippen LogP contribution in [0.5, 0.6) is 11.5 Å². The number of aliphatic hydroxyl groups excluding tert-OH is 1. The van der Waals surface area contributed by atoms with Crippen molar-refractivity contribution >= 4 is 0 Å². The molecule has 116 valence electrons. The van der Waals surface area contributed by atoms with Crippen molar-refractivity contribution in [2.75, 3.05) is 13.2 Å². The van der Waals surface area contributed by atoms with Crippen molar-refractivity contribution in [1.29, 1.82) is 0 Å². The van der Waals surface area contributed by atoms with Gasteiger partial charge in [0, 0.05) is 6.42 Å². The molecule has 0 aromatic heterocycles. The summed E-state index contributed by atoms with van der Waals surface area (Å²) >= 11 is 0. The zero-order valence-electron chi connectivity index (χ0n) is 12.7. The molecule has 0 spiro atoms. The average Bonchev–Trinajstić information content (AvgIpc) is 2.70. The lowest BCUT2D eigenvalue weighted by atomic mass is 9.84. The van der Waals surface area contributed by atoms with Crippen molar-refractivity contribution in [1.82, 2.24) is 0 Å². The van der Waals surface area contributed by atoms with E-state index >= 15 is 0 Å². The largest absolute Gasteiger partial charge is 0.490 e. The quantitative estimate of drug-likeness (QED) is 0.885. The second-order valence-electron chi connectivity index (χ2n) is 6.31. The van der Waals surface area contributed by atoms with Crippen molar-refractivity contribution < 1.29 is 14.6 Å². The first-order valence-electron chi connectivity index (χ1n) is 8.42. The molecule has 1 N–H and O–H groups in total. The molecule has 0 bridgehead atoms. The number of ether oxygens (including phenoxy) is 2. The van der Waals surface area contributed by atoms with Crippen LogP contribution >= 0.6 is 0 Å². The number of rotatable bonds is 2. The minimum absolute atomic E-state index is 0.375. The number of fused-ring (bicyclic) bond motifs is 1. The van der Waals surface area contributed by atoms with Crippen molar-refractivity contribution in [3.8, 4) is 11.5 Å². The van der Waals surface area contributed by atoms with Crippen LogP contribution in [-0.2, 0) is 0 Å². The Balaban J connectivity index is 1.74. The van der Waals surface area contributed by atoms with E-state index in [0.717, 1.165) is 36.3 Å². The molecule has 1 aromatic rings. The maximum atomic E-state index is 10.7. The lowest BCUT2D eigenvalue weighted by Gasteiger charge is -2.25. The molecule has 1 fully saturated rings. The van der Waals surface area contributed by atoms with Crippen LogP contribution in [0.25, 0.3) is 0 Å².